The molecule has 0 spiro atoms. The normalized spacial score (nSPS) is 15.0. The maximum atomic E-state index is 12.8. The first-order valence-corrected chi connectivity index (χ1v) is 10.7. The topological polar surface area (TPSA) is 89.4 Å². The molecule has 6 nitrogen and oxygen atoms in total. The van der Waals surface area contributed by atoms with Crippen LogP contribution in [0.2, 0.25) is 0 Å². The molecule has 2 N–H and O–H groups in total. The Morgan fingerprint density at radius 3 is 2.76 bits per heavy atom. The molecule has 0 radical (unpaired) electrons. The molecule has 4 rings (SSSR count). The van der Waals surface area contributed by atoms with Crippen LogP contribution in [0.4, 0.5) is 0 Å². The van der Waals surface area contributed by atoms with Crippen LogP contribution in [-0.2, 0) is 10.5 Å². The molecule has 0 unspecified atom stereocenters. The molecule has 2 heterocycles. The summed E-state index contributed by atoms with van der Waals surface area (Å²) in [5, 5.41) is 0.621. The number of nitrogens with zero attached hydrogens (tertiary/aromatic N) is 2. The summed E-state index contributed by atoms with van der Waals surface area (Å²) in [6.07, 6.45) is 1.27. The molecule has 1 aliphatic heterocycles. The van der Waals surface area contributed by atoms with Crippen LogP contribution in [0.5, 0.6) is 0 Å². The van der Waals surface area contributed by atoms with Gasteiger partial charge in [-0.25, -0.2) is 4.98 Å². The van der Waals surface area contributed by atoms with E-state index < -0.39 is 0 Å². The summed E-state index contributed by atoms with van der Waals surface area (Å²) in [7, 11) is 0. The SMILES string of the molecule is Cc1ccc2oc(SCc3cccc(C(=O)N4CCC(C(N)=O)CC4)c3)nc2c1. The zero-order chi connectivity index (χ0) is 20.4. The lowest BCUT2D eigenvalue weighted by Gasteiger charge is -2.30. The second-order valence-corrected chi connectivity index (χ2v) is 8.34. The van der Waals surface area contributed by atoms with Crippen LogP contribution in [0.15, 0.2) is 52.1 Å². The van der Waals surface area contributed by atoms with E-state index in [1.807, 2.05) is 49.4 Å². The van der Waals surface area contributed by atoms with Gasteiger partial charge in [0.2, 0.25) is 5.91 Å². The van der Waals surface area contributed by atoms with Gasteiger partial charge >= 0.3 is 0 Å². The Morgan fingerprint density at radius 1 is 1.21 bits per heavy atom. The Hall–Kier alpha value is -2.80. The second-order valence-electron chi connectivity index (χ2n) is 7.41. The largest absolute Gasteiger partial charge is 0.431 e. The molecule has 150 valence electrons. The Labute approximate surface area is 173 Å². The van der Waals surface area contributed by atoms with Crippen LogP contribution >= 0.6 is 11.8 Å². The highest BCUT2D eigenvalue weighted by molar-refractivity contribution is 7.98. The van der Waals surface area contributed by atoms with Gasteiger partial charge in [0.05, 0.1) is 0 Å². The fraction of sp³-hybridized carbons (Fsp3) is 0.318. The maximum Gasteiger partial charge on any atom is 0.257 e. The monoisotopic (exact) mass is 409 g/mol. The zero-order valence-electron chi connectivity index (χ0n) is 16.3. The lowest BCUT2D eigenvalue weighted by Crippen LogP contribution is -2.41. The van der Waals surface area contributed by atoms with E-state index in [4.69, 9.17) is 10.2 Å². The number of benzene rings is 2. The summed E-state index contributed by atoms with van der Waals surface area (Å²) >= 11 is 1.51. The van der Waals surface area contributed by atoms with E-state index in [-0.39, 0.29) is 17.7 Å². The number of likely N-dealkylation sites (tertiary alicyclic amines) is 1. The van der Waals surface area contributed by atoms with Gasteiger partial charge in [-0.3, -0.25) is 9.59 Å². The number of thioether (sulfide) groups is 1. The minimum atomic E-state index is -0.273. The summed E-state index contributed by atoms with van der Waals surface area (Å²) in [6.45, 7) is 3.15. The second kappa shape index (κ2) is 8.29. The zero-order valence-corrected chi connectivity index (χ0v) is 17.1. The lowest BCUT2D eigenvalue weighted by atomic mass is 9.96. The first kappa shape index (κ1) is 19.5. The number of rotatable bonds is 5. The van der Waals surface area contributed by atoms with E-state index in [2.05, 4.69) is 4.98 Å². The van der Waals surface area contributed by atoms with Gasteiger partial charge in [0.25, 0.3) is 11.1 Å². The van der Waals surface area contributed by atoms with Crippen molar-refractivity contribution >= 4 is 34.7 Å². The molecule has 0 bridgehead atoms. The number of carbonyl (C=O) groups is 2. The molecule has 1 saturated heterocycles. The number of hydrogen-bond acceptors (Lipinski definition) is 5. The highest BCUT2D eigenvalue weighted by Crippen LogP contribution is 2.27. The van der Waals surface area contributed by atoms with E-state index in [1.165, 1.54) is 11.8 Å². The van der Waals surface area contributed by atoms with Gasteiger partial charge in [0.1, 0.15) is 5.52 Å². The number of piperidine rings is 1. The van der Waals surface area contributed by atoms with Crippen LogP contribution in [0, 0.1) is 12.8 Å². The number of carbonyl (C=O) groups excluding carboxylic acids is 2. The Bertz CT molecular complexity index is 1050. The number of primary amides is 1. The van der Waals surface area contributed by atoms with Crippen molar-refractivity contribution in [2.75, 3.05) is 13.1 Å². The minimum absolute atomic E-state index is 0.00268. The van der Waals surface area contributed by atoms with Crippen molar-refractivity contribution in [3.05, 3.63) is 59.2 Å². The van der Waals surface area contributed by atoms with Crippen LogP contribution in [0.1, 0.15) is 34.3 Å². The van der Waals surface area contributed by atoms with Crippen molar-refractivity contribution in [3.8, 4) is 0 Å². The van der Waals surface area contributed by atoms with Gasteiger partial charge in [-0.2, -0.15) is 0 Å². The first-order chi connectivity index (χ1) is 14.0. The number of oxazole rings is 1. The van der Waals surface area contributed by atoms with Crippen LogP contribution < -0.4 is 5.73 Å². The van der Waals surface area contributed by atoms with Gasteiger partial charge in [-0.1, -0.05) is 30.0 Å². The highest BCUT2D eigenvalue weighted by Gasteiger charge is 2.26. The molecule has 2 amide bonds. The fourth-order valence-corrected chi connectivity index (χ4v) is 4.35. The number of fused-ring (bicyclic) bond motifs is 1. The molecule has 0 aliphatic carbocycles. The van der Waals surface area contributed by atoms with Gasteiger partial charge in [0, 0.05) is 30.3 Å². The predicted molar refractivity (Wildman–Crippen MR) is 113 cm³/mol. The molecule has 0 saturated carbocycles. The van der Waals surface area contributed by atoms with Crippen LogP contribution in [-0.4, -0.2) is 34.8 Å². The Kier molecular flexibility index (Phi) is 5.58. The van der Waals surface area contributed by atoms with Crippen molar-refractivity contribution in [3.63, 3.8) is 0 Å². The summed E-state index contributed by atoms with van der Waals surface area (Å²) in [4.78, 5) is 30.5. The van der Waals surface area contributed by atoms with E-state index in [1.54, 1.807) is 4.90 Å². The molecule has 2 aromatic carbocycles. The highest BCUT2D eigenvalue weighted by atomic mass is 32.2. The third kappa shape index (κ3) is 4.45. The van der Waals surface area contributed by atoms with Crippen LogP contribution in [0.3, 0.4) is 0 Å². The third-order valence-corrected chi connectivity index (χ3v) is 6.14. The smallest absolute Gasteiger partial charge is 0.257 e. The van der Waals surface area contributed by atoms with E-state index in [0.29, 0.717) is 42.5 Å². The van der Waals surface area contributed by atoms with Crippen molar-refractivity contribution in [1.82, 2.24) is 9.88 Å². The number of nitrogens with two attached hydrogens (primary N) is 1. The average molecular weight is 410 g/mol. The van der Waals surface area contributed by atoms with E-state index in [9.17, 15) is 9.59 Å². The molecular formula is C22H23N3O3S. The lowest BCUT2D eigenvalue weighted by molar-refractivity contribution is -0.123. The van der Waals surface area contributed by atoms with Gasteiger partial charge in [0.15, 0.2) is 5.58 Å². The van der Waals surface area contributed by atoms with Crippen molar-refractivity contribution in [1.29, 1.82) is 0 Å². The standard InChI is InChI=1S/C22H23N3O3S/c1-14-5-6-19-18(11-14)24-22(28-19)29-13-15-3-2-4-17(12-15)21(27)25-9-7-16(8-10-25)20(23)26/h2-6,11-12,16H,7-10,13H2,1H3,(H2,23,26). The molecule has 0 atom stereocenters. The van der Waals surface area contributed by atoms with Gasteiger partial charge < -0.3 is 15.1 Å². The van der Waals surface area contributed by atoms with Gasteiger partial charge in [-0.15, -0.1) is 0 Å². The fourth-order valence-electron chi connectivity index (χ4n) is 3.57. The van der Waals surface area contributed by atoms with E-state index >= 15 is 0 Å². The molecule has 29 heavy (non-hydrogen) atoms. The molecule has 1 aliphatic rings. The summed E-state index contributed by atoms with van der Waals surface area (Å²) in [6, 6.07) is 13.6. The number of amides is 2. The summed E-state index contributed by atoms with van der Waals surface area (Å²) in [5.74, 6) is 0.265. The van der Waals surface area contributed by atoms with Gasteiger partial charge in [-0.05, 0) is 55.2 Å². The van der Waals surface area contributed by atoms with E-state index in [0.717, 1.165) is 22.2 Å². The molecule has 1 fully saturated rings. The molecular weight excluding hydrogens is 386 g/mol. The molecule has 3 aromatic rings. The molecule has 7 heteroatoms. The van der Waals surface area contributed by atoms with Crippen molar-refractivity contribution in [2.45, 2.75) is 30.7 Å². The number of aryl methyl sites for hydroxylation is 1. The predicted octanol–water partition coefficient (Wildman–Crippen LogP) is 3.77. The van der Waals surface area contributed by atoms with Crippen LogP contribution in [0.25, 0.3) is 11.1 Å². The number of aromatic nitrogens is 1. The average Bonchev–Trinajstić information content (AvgIpc) is 3.14. The maximum absolute atomic E-state index is 12.8. The Morgan fingerprint density at radius 2 is 2.00 bits per heavy atom. The first-order valence-electron chi connectivity index (χ1n) is 9.67. The van der Waals surface area contributed by atoms with Crippen molar-refractivity contribution < 1.29 is 14.0 Å². The quantitative estimate of drug-likeness (QED) is 0.648. The molecule has 1 aromatic heterocycles. The third-order valence-electron chi connectivity index (χ3n) is 5.24. The minimum Gasteiger partial charge on any atom is -0.431 e. The van der Waals surface area contributed by atoms with Crippen molar-refractivity contribution in [2.24, 2.45) is 11.7 Å². The summed E-state index contributed by atoms with van der Waals surface area (Å²) < 4.78 is 5.79. The Balaban J connectivity index is 1.40. The number of hydrogen-bond donors (Lipinski definition) is 1. The summed E-state index contributed by atoms with van der Waals surface area (Å²) in [5.41, 5.74) is 9.85.